The lowest BCUT2D eigenvalue weighted by Crippen LogP contribution is -1.92. The number of carbonyl (C=O) groups is 1. The highest BCUT2D eigenvalue weighted by atomic mass is 16.1. The van der Waals surface area contributed by atoms with Gasteiger partial charge < -0.3 is 0 Å². The van der Waals surface area contributed by atoms with E-state index in [1.165, 1.54) is 0 Å². The summed E-state index contributed by atoms with van der Waals surface area (Å²) >= 11 is 0. The molecular weight excluding hydrogens is 244 g/mol. The molecule has 2 aromatic rings. The van der Waals surface area contributed by atoms with Crippen LogP contribution in [-0.4, -0.2) is 5.78 Å². The van der Waals surface area contributed by atoms with Crippen molar-refractivity contribution >= 4 is 17.9 Å². The van der Waals surface area contributed by atoms with Crippen LogP contribution < -0.4 is 0 Å². The third-order valence-corrected chi connectivity index (χ3v) is 2.91. The van der Waals surface area contributed by atoms with Gasteiger partial charge in [0.25, 0.3) is 0 Å². The molecule has 100 valence electrons. The van der Waals surface area contributed by atoms with Gasteiger partial charge in [-0.05, 0) is 11.1 Å². The highest BCUT2D eigenvalue weighted by Crippen LogP contribution is 2.05. The van der Waals surface area contributed by atoms with Crippen LogP contribution in [0.4, 0.5) is 0 Å². The summed E-state index contributed by atoms with van der Waals surface area (Å²) in [5.41, 5.74) is 2.25. The smallest absolute Gasteiger partial charge is 0.140 e. The van der Waals surface area contributed by atoms with E-state index in [-0.39, 0.29) is 5.78 Å². The van der Waals surface area contributed by atoms with E-state index >= 15 is 0 Å². The lowest BCUT2D eigenvalue weighted by atomic mass is 10.1. The Morgan fingerprint density at radius 1 is 0.700 bits per heavy atom. The Kier molecular flexibility index (Phi) is 5.53. The molecule has 0 aliphatic heterocycles. The molecule has 0 aromatic heterocycles. The summed E-state index contributed by atoms with van der Waals surface area (Å²) in [6.45, 7) is 0. The van der Waals surface area contributed by atoms with Crippen LogP contribution in [0.15, 0.2) is 72.8 Å². The third kappa shape index (κ3) is 5.07. The van der Waals surface area contributed by atoms with Crippen LogP contribution in [0.25, 0.3) is 12.2 Å². The molecule has 20 heavy (non-hydrogen) atoms. The lowest BCUT2D eigenvalue weighted by molar-refractivity contribution is -0.117. The summed E-state index contributed by atoms with van der Waals surface area (Å²) < 4.78 is 0. The highest BCUT2D eigenvalue weighted by Gasteiger charge is 1.95. The first-order valence-electron chi connectivity index (χ1n) is 6.79. The molecule has 0 heterocycles. The fourth-order valence-electron chi connectivity index (χ4n) is 1.86. The molecule has 0 aliphatic carbocycles. The zero-order chi connectivity index (χ0) is 14.0. The fourth-order valence-corrected chi connectivity index (χ4v) is 1.86. The summed E-state index contributed by atoms with van der Waals surface area (Å²) in [6, 6.07) is 20.0. The predicted octanol–water partition coefficient (Wildman–Crippen LogP) is 4.76. The molecule has 0 spiro atoms. The molecule has 0 amide bonds. The van der Waals surface area contributed by atoms with Crippen molar-refractivity contribution < 1.29 is 4.79 Å². The minimum absolute atomic E-state index is 0.226. The Morgan fingerprint density at radius 2 is 1.10 bits per heavy atom. The third-order valence-electron chi connectivity index (χ3n) is 2.91. The number of hydrogen-bond donors (Lipinski definition) is 0. The maximum atomic E-state index is 11.7. The van der Waals surface area contributed by atoms with E-state index in [0.29, 0.717) is 12.8 Å². The summed E-state index contributed by atoms with van der Waals surface area (Å²) in [4.78, 5) is 11.7. The fraction of sp³-hybridized carbons (Fsp3) is 0.105. The van der Waals surface area contributed by atoms with Gasteiger partial charge in [0.1, 0.15) is 5.78 Å². The molecule has 1 heteroatoms. The average Bonchev–Trinajstić information content (AvgIpc) is 2.49. The van der Waals surface area contributed by atoms with Crippen molar-refractivity contribution in [1.29, 1.82) is 0 Å². The minimum Gasteiger partial charge on any atom is -0.299 e. The number of Topliss-reactive ketones (excluding diaryl/α,β-unsaturated/α-hetero) is 1. The summed E-state index contributed by atoms with van der Waals surface area (Å²) in [5.74, 6) is 0.226. The SMILES string of the molecule is O=C(C/C=C/c1ccccc1)C/C=C/c1ccccc1. The molecular formula is C19H18O. The van der Waals surface area contributed by atoms with Crippen LogP contribution in [-0.2, 0) is 4.79 Å². The standard InChI is InChI=1S/C19H18O/c20-19(15-7-13-17-9-3-1-4-10-17)16-8-14-18-11-5-2-6-12-18/h1-14H,15-16H2/b13-7+,14-8+. The normalized spacial score (nSPS) is 11.2. The van der Waals surface area contributed by atoms with Gasteiger partial charge in [0.2, 0.25) is 0 Å². The van der Waals surface area contributed by atoms with E-state index in [2.05, 4.69) is 0 Å². The van der Waals surface area contributed by atoms with Gasteiger partial charge in [-0.2, -0.15) is 0 Å². The molecule has 0 radical (unpaired) electrons. The molecule has 0 fully saturated rings. The molecule has 0 N–H and O–H groups in total. The molecule has 2 rings (SSSR count). The molecule has 1 nitrogen and oxygen atoms in total. The lowest BCUT2D eigenvalue weighted by Gasteiger charge is -1.94. The average molecular weight is 262 g/mol. The van der Waals surface area contributed by atoms with Crippen LogP contribution in [0.5, 0.6) is 0 Å². The first-order chi connectivity index (χ1) is 9.84. The van der Waals surface area contributed by atoms with Crippen LogP contribution in [0.1, 0.15) is 24.0 Å². The van der Waals surface area contributed by atoms with Gasteiger partial charge in [0.15, 0.2) is 0 Å². The first-order valence-corrected chi connectivity index (χ1v) is 6.79. The molecule has 0 saturated heterocycles. The predicted molar refractivity (Wildman–Crippen MR) is 85.2 cm³/mol. The van der Waals surface area contributed by atoms with Gasteiger partial charge in [-0.1, -0.05) is 85.0 Å². The van der Waals surface area contributed by atoms with Crippen molar-refractivity contribution in [1.82, 2.24) is 0 Å². The van der Waals surface area contributed by atoms with Crippen LogP contribution in [0.2, 0.25) is 0 Å². The van der Waals surface area contributed by atoms with E-state index < -0.39 is 0 Å². The van der Waals surface area contributed by atoms with Gasteiger partial charge in [-0.3, -0.25) is 4.79 Å². The molecule has 0 aliphatic rings. The number of hydrogen-bond acceptors (Lipinski definition) is 1. The van der Waals surface area contributed by atoms with Crippen molar-refractivity contribution in [2.24, 2.45) is 0 Å². The maximum absolute atomic E-state index is 11.7. The van der Waals surface area contributed by atoms with Crippen molar-refractivity contribution in [3.63, 3.8) is 0 Å². The van der Waals surface area contributed by atoms with Crippen molar-refractivity contribution in [3.05, 3.63) is 83.9 Å². The summed E-state index contributed by atoms with van der Waals surface area (Å²) in [7, 11) is 0. The molecule has 0 bridgehead atoms. The van der Waals surface area contributed by atoms with E-state index in [4.69, 9.17) is 0 Å². The van der Waals surface area contributed by atoms with Crippen molar-refractivity contribution in [2.75, 3.05) is 0 Å². The van der Waals surface area contributed by atoms with E-state index in [1.54, 1.807) is 0 Å². The Bertz CT molecular complexity index is 526. The van der Waals surface area contributed by atoms with E-state index in [1.807, 2.05) is 85.0 Å². The monoisotopic (exact) mass is 262 g/mol. The van der Waals surface area contributed by atoms with Crippen LogP contribution in [0.3, 0.4) is 0 Å². The van der Waals surface area contributed by atoms with Gasteiger partial charge in [0.05, 0.1) is 0 Å². The number of allylic oxidation sites excluding steroid dienone is 2. The quantitative estimate of drug-likeness (QED) is 0.733. The zero-order valence-corrected chi connectivity index (χ0v) is 11.4. The molecule has 2 aromatic carbocycles. The maximum Gasteiger partial charge on any atom is 0.140 e. The van der Waals surface area contributed by atoms with Crippen LogP contribution >= 0.6 is 0 Å². The Hall–Kier alpha value is -2.41. The number of rotatable bonds is 6. The number of ketones is 1. The van der Waals surface area contributed by atoms with Gasteiger partial charge in [-0.25, -0.2) is 0 Å². The number of benzene rings is 2. The van der Waals surface area contributed by atoms with Crippen LogP contribution in [0, 0.1) is 0 Å². The van der Waals surface area contributed by atoms with Gasteiger partial charge in [0, 0.05) is 12.8 Å². The Labute approximate surface area is 120 Å². The van der Waals surface area contributed by atoms with Gasteiger partial charge >= 0.3 is 0 Å². The second-order valence-corrected chi connectivity index (χ2v) is 4.57. The zero-order valence-electron chi connectivity index (χ0n) is 11.4. The Balaban J connectivity index is 1.76. The van der Waals surface area contributed by atoms with Crippen molar-refractivity contribution in [3.8, 4) is 0 Å². The molecule has 0 atom stereocenters. The van der Waals surface area contributed by atoms with Gasteiger partial charge in [-0.15, -0.1) is 0 Å². The second kappa shape index (κ2) is 7.90. The number of carbonyl (C=O) groups excluding carboxylic acids is 1. The summed E-state index contributed by atoms with van der Waals surface area (Å²) in [6.07, 6.45) is 8.78. The Morgan fingerprint density at radius 3 is 1.50 bits per heavy atom. The van der Waals surface area contributed by atoms with Crippen molar-refractivity contribution in [2.45, 2.75) is 12.8 Å². The largest absolute Gasteiger partial charge is 0.299 e. The summed E-state index contributed by atoms with van der Waals surface area (Å²) in [5, 5.41) is 0. The second-order valence-electron chi connectivity index (χ2n) is 4.57. The minimum atomic E-state index is 0.226. The topological polar surface area (TPSA) is 17.1 Å². The van der Waals surface area contributed by atoms with E-state index in [9.17, 15) is 4.79 Å². The molecule has 0 unspecified atom stereocenters. The van der Waals surface area contributed by atoms with E-state index in [0.717, 1.165) is 11.1 Å². The first kappa shape index (κ1) is 14.0. The highest BCUT2D eigenvalue weighted by molar-refractivity contribution is 5.82. The molecule has 0 saturated carbocycles.